The van der Waals surface area contributed by atoms with Gasteiger partial charge in [0.1, 0.15) is 0 Å². The van der Waals surface area contributed by atoms with E-state index in [-0.39, 0.29) is 12.8 Å². The number of hydrogen-bond donors (Lipinski definition) is 3. The summed E-state index contributed by atoms with van der Waals surface area (Å²) in [5.41, 5.74) is 6.31. The number of carbonyl (C=O) groups is 3. The van der Waals surface area contributed by atoms with Crippen LogP contribution in [-0.4, -0.2) is 23.1 Å². The number of hydroxylamine groups is 1. The molecule has 0 unspecified atom stereocenters. The van der Waals surface area contributed by atoms with Crippen LogP contribution in [0.4, 0.5) is 4.79 Å². The third kappa shape index (κ3) is 6.33. The first-order valence-corrected chi connectivity index (χ1v) is 2.99. The number of primary amides is 1. The smallest absolute Gasteiger partial charge is 0.448 e. The minimum atomic E-state index is -1.62. The molecule has 0 saturated carbocycles. The summed E-state index contributed by atoms with van der Waals surface area (Å²) >= 11 is 0. The van der Waals surface area contributed by atoms with E-state index in [1.54, 1.807) is 5.48 Å². The Morgan fingerprint density at radius 1 is 1.33 bits per heavy atom. The van der Waals surface area contributed by atoms with Gasteiger partial charge in [-0.15, -0.1) is 0 Å². The van der Waals surface area contributed by atoms with Gasteiger partial charge in [0.2, 0.25) is 5.91 Å². The van der Waals surface area contributed by atoms with Gasteiger partial charge in [-0.25, -0.2) is 4.79 Å². The third-order valence-corrected chi connectivity index (χ3v) is 0.851. The molecule has 0 rings (SSSR count). The first kappa shape index (κ1) is 10.2. The lowest BCUT2D eigenvalue weighted by Gasteiger charge is -1.99. The van der Waals surface area contributed by atoms with E-state index in [0.717, 1.165) is 0 Å². The zero-order chi connectivity index (χ0) is 9.56. The molecule has 0 aromatic carbocycles. The first-order chi connectivity index (χ1) is 5.52. The van der Waals surface area contributed by atoms with Gasteiger partial charge in [-0.2, -0.15) is 5.48 Å². The van der Waals surface area contributed by atoms with Crippen molar-refractivity contribution in [2.45, 2.75) is 12.8 Å². The van der Waals surface area contributed by atoms with Gasteiger partial charge in [0.25, 0.3) is 5.91 Å². The Balaban J connectivity index is 3.47. The Hall–Kier alpha value is -1.79. The van der Waals surface area contributed by atoms with Gasteiger partial charge in [-0.05, 0) is 0 Å². The minimum absolute atomic E-state index is 0.144. The molecule has 2 amide bonds. The summed E-state index contributed by atoms with van der Waals surface area (Å²) in [5, 5.41) is 7.91. The van der Waals surface area contributed by atoms with Crippen LogP contribution in [0.2, 0.25) is 0 Å². The summed E-state index contributed by atoms with van der Waals surface area (Å²) in [6.07, 6.45) is -1.96. The summed E-state index contributed by atoms with van der Waals surface area (Å²) in [5.74, 6) is -1.35. The second-order valence-corrected chi connectivity index (χ2v) is 1.86. The maximum absolute atomic E-state index is 10.5. The van der Waals surface area contributed by atoms with Crippen LogP contribution in [0.25, 0.3) is 0 Å². The standard InChI is InChI=1S/C5H8N2O5/c6-3(8)1-2-4(9)7-12-5(10)11/h1-2H2,(H2,6,8)(H,7,9)(H,10,11). The van der Waals surface area contributed by atoms with E-state index >= 15 is 0 Å². The lowest BCUT2D eigenvalue weighted by atomic mass is 10.3. The number of nitrogens with two attached hydrogens (primary N) is 1. The summed E-state index contributed by atoms with van der Waals surface area (Å²) in [6, 6.07) is 0. The molecule has 0 aliphatic carbocycles. The SMILES string of the molecule is NC(=O)CCC(=O)NOC(=O)O. The summed E-state index contributed by atoms with van der Waals surface area (Å²) in [4.78, 5) is 34.1. The van der Waals surface area contributed by atoms with Crippen molar-refractivity contribution in [2.75, 3.05) is 0 Å². The molecular formula is C5H8N2O5. The average Bonchev–Trinajstić information content (AvgIpc) is 1.96. The predicted octanol–water partition coefficient (Wildman–Crippen LogP) is -1.02. The molecule has 0 radical (unpaired) electrons. The van der Waals surface area contributed by atoms with Gasteiger partial charge in [-0.1, -0.05) is 0 Å². The molecule has 12 heavy (non-hydrogen) atoms. The average molecular weight is 176 g/mol. The highest BCUT2D eigenvalue weighted by atomic mass is 16.8. The molecule has 0 saturated heterocycles. The fraction of sp³-hybridized carbons (Fsp3) is 0.400. The highest BCUT2D eigenvalue weighted by molar-refractivity contribution is 5.82. The molecule has 0 heterocycles. The number of amides is 2. The monoisotopic (exact) mass is 176 g/mol. The minimum Gasteiger partial charge on any atom is -0.448 e. The van der Waals surface area contributed by atoms with Crippen molar-refractivity contribution >= 4 is 18.0 Å². The van der Waals surface area contributed by atoms with Crippen LogP contribution in [0.5, 0.6) is 0 Å². The van der Waals surface area contributed by atoms with E-state index in [4.69, 9.17) is 10.8 Å². The van der Waals surface area contributed by atoms with Gasteiger partial charge in [0.05, 0.1) is 0 Å². The second kappa shape index (κ2) is 4.94. The lowest BCUT2D eigenvalue weighted by Crippen LogP contribution is -2.27. The van der Waals surface area contributed by atoms with Crippen LogP contribution in [0, 0.1) is 0 Å². The van der Waals surface area contributed by atoms with Crippen LogP contribution < -0.4 is 11.2 Å². The van der Waals surface area contributed by atoms with Crippen molar-refractivity contribution in [1.29, 1.82) is 0 Å². The molecule has 0 aromatic rings. The van der Waals surface area contributed by atoms with Crippen molar-refractivity contribution in [3.8, 4) is 0 Å². The van der Waals surface area contributed by atoms with E-state index in [2.05, 4.69) is 4.84 Å². The molecule has 4 N–H and O–H groups in total. The van der Waals surface area contributed by atoms with Crippen LogP contribution in [-0.2, 0) is 14.4 Å². The van der Waals surface area contributed by atoms with Gasteiger partial charge >= 0.3 is 6.16 Å². The van der Waals surface area contributed by atoms with E-state index in [0.29, 0.717) is 0 Å². The van der Waals surface area contributed by atoms with Crippen LogP contribution >= 0.6 is 0 Å². The molecular weight excluding hydrogens is 168 g/mol. The largest absolute Gasteiger partial charge is 0.530 e. The van der Waals surface area contributed by atoms with Crippen LogP contribution in [0.15, 0.2) is 0 Å². The third-order valence-electron chi connectivity index (χ3n) is 0.851. The number of nitrogens with one attached hydrogen (secondary N) is 1. The van der Waals surface area contributed by atoms with E-state index in [9.17, 15) is 14.4 Å². The summed E-state index contributed by atoms with van der Waals surface area (Å²) in [6.45, 7) is 0. The molecule has 0 atom stereocenters. The Morgan fingerprint density at radius 2 is 1.92 bits per heavy atom. The van der Waals surface area contributed by atoms with E-state index < -0.39 is 18.0 Å². The maximum atomic E-state index is 10.5. The molecule has 0 spiro atoms. The van der Waals surface area contributed by atoms with Gasteiger partial charge in [-0.3, -0.25) is 9.59 Å². The number of hydrogen-bond acceptors (Lipinski definition) is 4. The van der Waals surface area contributed by atoms with Crippen LogP contribution in [0.1, 0.15) is 12.8 Å². The van der Waals surface area contributed by atoms with Crippen molar-refractivity contribution in [1.82, 2.24) is 5.48 Å². The summed E-state index contributed by atoms with van der Waals surface area (Å²) in [7, 11) is 0. The highest BCUT2D eigenvalue weighted by Gasteiger charge is 2.05. The highest BCUT2D eigenvalue weighted by Crippen LogP contribution is 1.86. The fourth-order valence-corrected chi connectivity index (χ4v) is 0.388. The van der Waals surface area contributed by atoms with Gasteiger partial charge in [0.15, 0.2) is 0 Å². The van der Waals surface area contributed by atoms with Crippen molar-refractivity contribution in [3.63, 3.8) is 0 Å². The normalized spacial score (nSPS) is 8.67. The topological polar surface area (TPSA) is 119 Å². The van der Waals surface area contributed by atoms with Crippen molar-refractivity contribution in [2.24, 2.45) is 5.73 Å². The molecule has 0 aliphatic rings. The predicted molar refractivity (Wildman–Crippen MR) is 35.7 cm³/mol. The first-order valence-electron chi connectivity index (χ1n) is 2.99. The van der Waals surface area contributed by atoms with Crippen LogP contribution in [0.3, 0.4) is 0 Å². The van der Waals surface area contributed by atoms with Gasteiger partial charge < -0.3 is 15.7 Å². The van der Waals surface area contributed by atoms with Crippen molar-refractivity contribution < 1.29 is 24.3 Å². The number of carbonyl (C=O) groups excluding carboxylic acids is 2. The zero-order valence-corrected chi connectivity index (χ0v) is 6.07. The fourth-order valence-electron chi connectivity index (χ4n) is 0.388. The second-order valence-electron chi connectivity index (χ2n) is 1.86. The molecule has 0 aromatic heterocycles. The Labute approximate surface area is 67.4 Å². The lowest BCUT2D eigenvalue weighted by molar-refractivity contribution is -0.132. The Kier molecular flexibility index (Phi) is 4.20. The molecule has 0 fully saturated rings. The summed E-state index contributed by atoms with van der Waals surface area (Å²) < 4.78 is 0. The zero-order valence-electron chi connectivity index (χ0n) is 6.07. The number of carboxylic acid groups (broad SMARTS) is 1. The number of rotatable bonds is 3. The Bertz CT molecular complexity index is 182. The van der Waals surface area contributed by atoms with Crippen molar-refractivity contribution in [3.05, 3.63) is 0 Å². The molecule has 7 nitrogen and oxygen atoms in total. The quantitative estimate of drug-likeness (QED) is 0.475. The Morgan fingerprint density at radius 3 is 2.33 bits per heavy atom. The van der Waals surface area contributed by atoms with E-state index in [1.807, 2.05) is 0 Å². The molecule has 0 bridgehead atoms. The maximum Gasteiger partial charge on any atom is 0.530 e. The van der Waals surface area contributed by atoms with Gasteiger partial charge in [0, 0.05) is 12.8 Å². The molecule has 68 valence electrons. The molecule has 0 aliphatic heterocycles. The molecule has 7 heteroatoms. The van der Waals surface area contributed by atoms with E-state index in [1.165, 1.54) is 0 Å².